The van der Waals surface area contributed by atoms with E-state index in [0.29, 0.717) is 11.6 Å². The van der Waals surface area contributed by atoms with Crippen LogP contribution in [-0.2, 0) is 9.59 Å². The van der Waals surface area contributed by atoms with Gasteiger partial charge < -0.3 is 16.0 Å². The lowest BCUT2D eigenvalue weighted by Gasteiger charge is -2.14. The van der Waals surface area contributed by atoms with E-state index in [4.69, 9.17) is 58.0 Å². The Morgan fingerprint density at radius 3 is 2.15 bits per heavy atom. The van der Waals surface area contributed by atoms with Crippen molar-refractivity contribution in [3.8, 4) is 0 Å². The summed E-state index contributed by atoms with van der Waals surface area (Å²) in [6, 6.07) is 7.64. The lowest BCUT2D eigenvalue weighted by Crippen LogP contribution is -2.22. The molecule has 41 heavy (non-hydrogen) atoms. The highest BCUT2D eigenvalue weighted by atomic mass is 35.5. The van der Waals surface area contributed by atoms with Gasteiger partial charge in [-0.1, -0.05) is 40.9 Å². The molecule has 1 saturated carbocycles. The third kappa shape index (κ3) is 6.34. The smallest absolute Gasteiger partial charge is 0.315 e. The Morgan fingerprint density at radius 2 is 1.51 bits per heavy atom. The molecule has 0 radical (unpaired) electrons. The molecule has 216 valence electrons. The van der Waals surface area contributed by atoms with Crippen molar-refractivity contribution in [2.24, 2.45) is 5.92 Å². The first-order valence-corrected chi connectivity index (χ1v) is 13.0. The molecule has 3 aromatic carbocycles. The van der Waals surface area contributed by atoms with Crippen molar-refractivity contribution >= 4 is 92.8 Å². The number of carbonyl (C=O) groups excluding carboxylic acids is 3. The molecular weight excluding hydrogens is 663 g/mol. The van der Waals surface area contributed by atoms with Gasteiger partial charge in [0.15, 0.2) is 5.82 Å². The van der Waals surface area contributed by atoms with E-state index in [0.717, 1.165) is 18.2 Å². The number of amides is 3. The topological polar surface area (TPSA) is 87.3 Å². The third-order valence-electron chi connectivity index (χ3n) is 5.96. The quantitative estimate of drug-likeness (QED) is 0.175. The van der Waals surface area contributed by atoms with E-state index in [2.05, 4.69) is 5.32 Å². The van der Waals surface area contributed by atoms with E-state index in [1.165, 1.54) is 17.4 Å². The molecule has 0 saturated heterocycles. The molecule has 6 nitrogen and oxygen atoms in total. The predicted octanol–water partition coefficient (Wildman–Crippen LogP) is 8.05. The molecule has 4 rings (SSSR count). The van der Waals surface area contributed by atoms with Crippen LogP contribution < -0.4 is 16.0 Å². The Kier molecular flexibility index (Phi) is 8.96. The standard InChI is InChI=1S/C25H13Cl5F5N3O3/c26-11-2-1-8(5-12(11)27)16-17(25(16,29)30)23(40)36-9-6-10(18(28)14(32)7-9)22(39)37-15-4-3-13(31)20(19(15)33)38-24(41)21(34)35/h1-7,16-17,21H,(H,36,40)(H,37,39)(H,38,41)/t16-,17?/m0/s1. The fourth-order valence-corrected chi connectivity index (χ4v) is 5.28. The minimum Gasteiger partial charge on any atom is -0.326 e. The van der Waals surface area contributed by atoms with Crippen LogP contribution in [0.2, 0.25) is 15.1 Å². The van der Waals surface area contributed by atoms with E-state index in [9.17, 15) is 36.3 Å². The van der Waals surface area contributed by atoms with Gasteiger partial charge in [0.2, 0.25) is 5.91 Å². The first kappa shape index (κ1) is 31.1. The van der Waals surface area contributed by atoms with Gasteiger partial charge in [-0.3, -0.25) is 14.4 Å². The fraction of sp³-hybridized carbons (Fsp3) is 0.160. The molecule has 1 fully saturated rings. The summed E-state index contributed by atoms with van der Waals surface area (Å²) < 4.78 is 66.8. The first-order chi connectivity index (χ1) is 19.1. The van der Waals surface area contributed by atoms with Crippen molar-refractivity contribution < 1.29 is 36.3 Å². The number of alkyl halides is 4. The second-order valence-corrected chi connectivity index (χ2v) is 11.3. The summed E-state index contributed by atoms with van der Waals surface area (Å²) in [6.07, 6.45) is -3.58. The van der Waals surface area contributed by atoms with Crippen LogP contribution in [-0.4, -0.2) is 28.5 Å². The zero-order valence-electron chi connectivity index (χ0n) is 19.8. The maximum absolute atomic E-state index is 14.7. The molecule has 3 N–H and O–H groups in total. The third-order valence-corrected chi connectivity index (χ3v) is 8.03. The van der Waals surface area contributed by atoms with Gasteiger partial charge in [0, 0.05) is 11.6 Å². The molecule has 0 aromatic heterocycles. The number of nitrogens with one attached hydrogen (secondary N) is 3. The number of hydrogen-bond donors (Lipinski definition) is 3. The monoisotopic (exact) mass is 673 g/mol. The van der Waals surface area contributed by atoms with E-state index in [1.54, 1.807) is 6.07 Å². The van der Waals surface area contributed by atoms with Gasteiger partial charge in [-0.05, 0) is 42.0 Å². The predicted molar refractivity (Wildman–Crippen MR) is 146 cm³/mol. The maximum atomic E-state index is 14.7. The molecule has 2 atom stereocenters. The fourth-order valence-electron chi connectivity index (χ4n) is 3.95. The summed E-state index contributed by atoms with van der Waals surface area (Å²) in [6.45, 7) is 0. The summed E-state index contributed by atoms with van der Waals surface area (Å²) in [5, 5.41) is 5.48. The van der Waals surface area contributed by atoms with E-state index < -0.39 is 79.7 Å². The SMILES string of the molecule is O=C(Nc1ccc(F)c(NC(=O)C(F)F)c1F)c1cc(NC(=O)C2[C@H](c3ccc(Cl)c(Cl)c3)C2(Cl)Cl)cc(F)c1Cl. The van der Waals surface area contributed by atoms with Crippen molar-refractivity contribution in [2.45, 2.75) is 16.7 Å². The Balaban J connectivity index is 1.55. The second kappa shape index (κ2) is 11.8. The molecular formula is C25H13Cl5F5N3O3. The summed E-state index contributed by atoms with van der Waals surface area (Å²) in [5.41, 5.74) is -2.35. The molecule has 3 aromatic rings. The van der Waals surface area contributed by atoms with Gasteiger partial charge in [0.05, 0.1) is 32.2 Å². The minimum atomic E-state index is -3.58. The van der Waals surface area contributed by atoms with Crippen molar-refractivity contribution in [3.05, 3.63) is 86.1 Å². The normalized spacial score (nSPS) is 17.2. The van der Waals surface area contributed by atoms with Gasteiger partial charge in [0.1, 0.15) is 21.7 Å². The first-order valence-electron chi connectivity index (χ1n) is 11.1. The molecule has 1 aliphatic rings. The molecule has 16 heteroatoms. The Morgan fingerprint density at radius 1 is 0.829 bits per heavy atom. The zero-order valence-corrected chi connectivity index (χ0v) is 23.6. The van der Waals surface area contributed by atoms with Crippen LogP contribution in [0.25, 0.3) is 0 Å². The lowest BCUT2D eigenvalue weighted by molar-refractivity contribution is -0.126. The zero-order chi connectivity index (χ0) is 30.4. The molecule has 0 aliphatic heterocycles. The summed E-state index contributed by atoms with van der Waals surface area (Å²) in [5.74, 6) is -9.85. The number of rotatable bonds is 7. The van der Waals surface area contributed by atoms with Gasteiger partial charge >= 0.3 is 6.43 Å². The van der Waals surface area contributed by atoms with Crippen molar-refractivity contribution in [2.75, 3.05) is 16.0 Å². The van der Waals surface area contributed by atoms with Crippen LogP contribution in [0.5, 0.6) is 0 Å². The van der Waals surface area contributed by atoms with E-state index in [-0.39, 0.29) is 15.7 Å². The number of halogens is 10. The summed E-state index contributed by atoms with van der Waals surface area (Å²) in [7, 11) is 0. The Hall–Kier alpha value is -2.83. The molecule has 0 spiro atoms. The molecule has 0 bridgehead atoms. The Labute approximate surface area is 253 Å². The van der Waals surface area contributed by atoms with Gasteiger partial charge in [0.25, 0.3) is 11.8 Å². The lowest BCUT2D eigenvalue weighted by atomic mass is 10.1. The van der Waals surface area contributed by atoms with Gasteiger partial charge in [-0.2, -0.15) is 8.78 Å². The highest BCUT2D eigenvalue weighted by Crippen LogP contribution is 2.65. The van der Waals surface area contributed by atoms with E-state index >= 15 is 0 Å². The largest absolute Gasteiger partial charge is 0.326 e. The van der Waals surface area contributed by atoms with Crippen LogP contribution in [0.3, 0.4) is 0 Å². The van der Waals surface area contributed by atoms with E-state index in [1.807, 2.05) is 5.32 Å². The molecule has 1 aliphatic carbocycles. The average molecular weight is 676 g/mol. The minimum absolute atomic E-state index is 0.205. The van der Waals surface area contributed by atoms with Gasteiger partial charge in [-0.25, -0.2) is 13.2 Å². The van der Waals surface area contributed by atoms with Gasteiger partial charge in [-0.15, -0.1) is 23.2 Å². The Bertz CT molecular complexity index is 1590. The van der Waals surface area contributed by atoms with Crippen molar-refractivity contribution in [3.63, 3.8) is 0 Å². The van der Waals surface area contributed by atoms with Crippen LogP contribution in [0.1, 0.15) is 21.8 Å². The van der Waals surface area contributed by atoms with Crippen molar-refractivity contribution in [1.82, 2.24) is 0 Å². The summed E-state index contributed by atoms with van der Waals surface area (Å²) in [4.78, 5) is 37.0. The van der Waals surface area contributed by atoms with Crippen LogP contribution in [0.4, 0.5) is 39.0 Å². The van der Waals surface area contributed by atoms with Crippen LogP contribution in [0, 0.1) is 23.4 Å². The number of benzene rings is 3. The average Bonchev–Trinajstić information content (AvgIpc) is 3.48. The molecule has 3 amide bonds. The molecule has 1 unspecified atom stereocenters. The second-order valence-electron chi connectivity index (χ2n) is 8.64. The highest BCUT2D eigenvalue weighted by Gasteiger charge is 2.67. The molecule has 0 heterocycles. The number of carbonyl (C=O) groups is 3. The highest BCUT2D eigenvalue weighted by molar-refractivity contribution is 6.53. The summed E-state index contributed by atoms with van der Waals surface area (Å²) >= 11 is 30.5. The number of hydrogen-bond acceptors (Lipinski definition) is 3. The van der Waals surface area contributed by atoms with Crippen molar-refractivity contribution in [1.29, 1.82) is 0 Å². The van der Waals surface area contributed by atoms with Crippen LogP contribution >= 0.6 is 58.0 Å². The number of anilines is 3. The van der Waals surface area contributed by atoms with Crippen LogP contribution in [0.15, 0.2) is 42.5 Å². The maximum Gasteiger partial charge on any atom is 0.315 e.